The minimum Gasteiger partial charge on any atom is -0.343 e. The first-order valence-electron chi connectivity index (χ1n) is 7.72. The zero-order valence-corrected chi connectivity index (χ0v) is 13.3. The van der Waals surface area contributed by atoms with E-state index in [2.05, 4.69) is 10.6 Å². The van der Waals surface area contributed by atoms with Gasteiger partial charge in [-0.2, -0.15) is 13.2 Å². The lowest BCUT2D eigenvalue weighted by Gasteiger charge is -2.31. The monoisotopic (exact) mass is 343 g/mol. The van der Waals surface area contributed by atoms with E-state index in [1.54, 1.807) is 4.90 Å². The van der Waals surface area contributed by atoms with Crippen molar-refractivity contribution in [3.05, 3.63) is 35.4 Å². The Morgan fingerprint density at radius 3 is 2.42 bits per heavy atom. The Morgan fingerprint density at radius 2 is 1.83 bits per heavy atom. The third kappa shape index (κ3) is 4.47. The molecule has 0 radical (unpaired) electrons. The molecule has 0 aliphatic carbocycles. The predicted octanol–water partition coefficient (Wildman–Crippen LogP) is 1.65. The molecule has 1 heterocycles. The Labute approximate surface area is 138 Å². The van der Waals surface area contributed by atoms with Crippen LogP contribution in [-0.4, -0.2) is 49.4 Å². The smallest absolute Gasteiger partial charge is 0.343 e. The molecule has 0 aromatic heterocycles. The van der Waals surface area contributed by atoms with E-state index in [9.17, 15) is 22.8 Å². The number of amides is 2. The van der Waals surface area contributed by atoms with Crippen molar-refractivity contribution in [3.8, 4) is 0 Å². The van der Waals surface area contributed by atoms with Crippen LogP contribution in [0.1, 0.15) is 28.8 Å². The van der Waals surface area contributed by atoms with Gasteiger partial charge < -0.3 is 15.5 Å². The number of nitrogens with one attached hydrogen (secondary N) is 2. The van der Waals surface area contributed by atoms with Gasteiger partial charge in [0.1, 0.15) is 0 Å². The van der Waals surface area contributed by atoms with E-state index in [0.29, 0.717) is 19.1 Å². The minimum absolute atomic E-state index is 0.289. The van der Waals surface area contributed by atoms with Gasteiger partial charge in [-0.1, -0.05) is 12.1 Å². The van der Waals surface area contributed by atoms with E-state index >= 15 is 0 Å². The summed E-state index contributed by atoms with van der Waals surface area (Å²) in [6.45, 7) is 0.827. The molecule has 0 saturated carbocycles. The van der Waals surface area contributed by atoms with Gasteiger partial charge in [0, 0.05) is 19.1 Å². The van der Waals surface area contributed by atoms with Crippen LogP contribution in [0.3, 0.4) is 0 Å². The van der Waals surface area contributed by atoms with Crippen molar-refractivity contribution in [2.45, 2.75) is 25.1 Å². The fourth-order valence-corrected chi connectivity index (χ4v) is 2.71. The summed E-state index contributed by atoms with van der Waals surface area (Å²) in [4.78, 5) is 25.7. The van der Waals surface area contributed by atoms with Gasteiger partial charge >= 0.3 is 6.18 Å². The number of rotatable bonds is 4. The highest BCUT2D eigenvalue weighted by Gasteiger charge is 2.35. The molecule has 1 fully saturated rings. The van der Waals surface area contributed by atoms with Gasteiger partial charge in [-0.15, -0.1) is 0 Å². The van der Waals surface area contributed by atoms with Gasteiger partial charge in [0.05, 0.1) is 17.7 Å². The number of carbonyl (C=O) groups excluding carboxylic acids is 2. The van der Waals surface area contributed by atoms with Crippen molar-refractivity contribution < 1.29 is 22.8 Å². The van der Waals surface area contributed by atoms with E-state index < -0.39 is 23.2 Å². The fraction of sp³-hybridized carbons (Fsp3) is 0.500. The molecule has 0 bridgehead atoms. The number of nitrogens with zero attached hydrogens (tertiary/aromatic N) is 1. The Bertz CT molecular complexity index is 596. The Morgan fingerprint density at radius 1 is 1.21 bits per heavy atom. The molecule has 0 unspecified atom stereocenters. The number of piperidine rings is 1. The van der Waals surface area contributed by atoms with Gasteiger partial charge in [-0.25, -0.2) is 0 Å². The molecular weight excluding hydrogens is 323 g/mol. The molecule has 132 valence electrons. The standard InChI is InChI=1S/C16H20F3N3O2/c1-20-11-6-8-22(9-7-11)14(23)10-21-15(24)12-4-2-3-5-13(12)16(17,18)19/h2-5,11,20H,6-10H2,1H3,(H,21,24). The maximum absolute atomic E-state index is 12.9. The topological polar surface area (TPSA) is 61.4 Å². The molecule has 1 aliphatic rings. The number of likely N-dealkylation sites (tertiary alicyclic amines) is 1. The summed E-state index contributed by atoms with van der Waals surface area (Å²) < 4.78 is 38.7. The van der Waals surface area contributed by atoms with E-state index in [1.807, 2.05) is 7.05 Å². The van der Waals surface area contributed by atoms with Gasteiger partial charge in [-0.3, -0.25) is 9.59 Å². The lowest BCUT2D eigenvalue weighted by molar-refractivity contribution is -0.137. The predicted molar refractivity (Wildman–Crippen MR) is 82.4 cm³/mol. The molecule has 8 heteroatoms. The molecule has 2 amide bonds. The largest absolute Gasteiger partial charge is 0.417 e. The van der Waals surface area contributed by atoms with Gasteiger partial charge in [-0.05, 0) is 32.0 Å². The summed E-state index contributed by atoms with van der Waals surface area (Å²) in [5.74, 6) is -1.19. The second kappa shape index (κ2) is 7.65. The molecule has 1 aliphatic heterocycles. The fourth-order valence-electron chi connectivity index (χ4n) is 2.71. The minimum atomic E-state index is -4.62. The Balaban J connectivity index is 1.93. The highest BCUT2D eigenvalue weighted by Crippen LogP contribution is 2.31. The first-order valence-corrected chi connectivity index (χ1v) is 7.72. The van der Waals surface area contributed by atoms with Crippen molar-refractivity contribution in [3.63, 3.8) is 0 Å². The molecule has 2 N–H and O–H groups in total. The molecule has 2 rings (SSSR count). The van der Waals surface area contributed by atoms with Crippen molar-refractivity contribution in [1.29, 1.82) is 0 Å². The maximum atomic E-state index is 12.9. The lowest BCUT2D eigenvalue weighted by atomic mass is 10.1. The van der Waals surface area contributed by atoms with Crippen LogP contribution >= 0.6 is 0 Å². The number of hydrogen-bond acceptors (Lipinski definition) is 3. The Hall–Kier alpha value is -2.09. The number of hydrogen-bond donors (Lipinski definition) is 2. The third-order valence-electron chi connectivity index (χ3n) is 4.13. The summed E-state index contributed by atoms with van der Waals surface area (Å²) in [5, 5.41) is 5.43. The summed E-state index contributed by atoms with van der Waals surface area (Å²) in [6, 6.07) is 4.88. The van der Waals surface area contributed by atoms with Crippen molar-refractivity contribution in [2.24, 2.45) is 0 Å². The lowest BCUT2D eigenvalue weighted by Crippen LogP contribution is -2.47. The second-order valence-electron chi connectivity index (χ2n) is 5.67. The maximum Gasteiger partial charge on any atom is 0.417 e. The molecule has 1 saturated heterocycles. The molecule has 0 spiro atoms. The van der Waals surface area contributed by atoms with Crippen molar-refractivity contribution in [2.75, 3.05) is 26.7 Å². The molecule has 1 aromatic carbocycles. The highest BCUT2D eigenvalue weighted by atomic mass is 19.4. The number of alkyl halides is 3. The molecule has 1 aromatic rings. The van der Waals surface area contributed by atoms with Crippen LogP contribution in [0.15, 0.2) is 24.3 Å². The quantitative estimate of drug-likeness (QED) is 0.874. The first kappa shape index (κ1) is 18.3. The average Bonchev–Trinajstić information content (AvgIpc) is 2.58. The summed E-state index contributed by atoms with van der Waals surface area (Å²) in [5.41, 5.74) is -1.49. The van der Waals surface area contributed by atoms with Crippen LogP contribution in [-0.2, 0) is 11.0 Å². The molecule has 0 atom stereocenters. The van der Waals surface area contributed by atoms with Crippen LogP contribution in [0.2, 0.25) is 0 Å². The van der Waals surface area contributed by atoms with Crippen molar-refractivity contribution >= 4 is 11.8 Å². The molecule has 24 heavy (non-hydrogen) atoms. The van der Waals surface area contributed by atoms with Gasteiger partial charge in [0.2, 0.25) is 5.91 Å². The summed E-state index contributed by atoms with van der Waals surface area (Å²) in [7, 11) is 1.86. The summed E-state index contributed by atoms with van der Waals surface area (Å²) in [6.07, 6.45) is -2.99. The van der Waals surface area contributed by atoms with Crippen LogP contribution in [0.4, 0.5) is 13.2 Å². The van der Waals surface area contributed by atoms with E-state index in [0.717, 1.165) is 25.0 Å². The molecular formula is C16H20F3N3O2. The normalized spacial score (nSPS) is 16.1. The zero-order valence-electron chi connectivity index (χ0n) is 13.3. The Kier molecular flexibility index (Phi) is 5.82. The van der Waals surface area contributed by atoms with E-state index in [1.165, 1.54) is 12.1 Å². The SMILES string of the molecule is CNC1CCN(C(=O)CNC(=O)c2ccccc2C(F)(F)F)CC1. The highest BCUT2D eigenvalue weighted by molar-refractivity contribution is 5.97. The number of halogens is 3. The number of carbonyl (C=O) groups is 2. The number of benzene rings is 1. The van der Waals surface area contributed by atoms with Crippen LogP contribution < -0.4 is 10.6 Å². The van der Waals surface area contributed by atoms with Crippen molar-refractivity contribution in [1.82, 2.24) is 15.5 Å². The van der Waals surface area contributed by atoms with Crippen LogP contribution in [0.25, 0.3) is 0 Å². The summed E-state index contributed by atoms with van der Waals surface area (Å²) >= 11 is 0. The van der Waals surface area contributed by atoms with E-state index in [4.69, 9.17) is 0 Å². The van der Waals surface area contributed by atoms with Gasteiger partial charge in [0.15, 0.2) is 0 Å². The van der Waals surface area contributed by atoms with Gasteiger partial charge in [0.25, 0.3) is 5.91 Å². The average molecular weight is 343 g/mol. The first-order chi connectivity index (χ1) is 11.3. The second-order valence-corrected chi connectivity index (χ2v) is 5.67. The zero-order chi connectivity index (χ0) is 17.7. The van der Waals surface area contributed by atoms with E-state index in [-0.39, 0.29) is 12.5 Å². The van der Waals surface area contributed by atoms with Crippen LogP contribution in [0.5, 0.6) is 0 Å². The molecule has 5 nitrogen and oxygen atoms in total. The van der Waals surface area contributed by atoms with Crippen LogP contribution in [0, 0.1) is 0 Å². The third-order valence-corrected chi connectivity index (χ3v) is 4.13.